The van der Waals surface area contributed by atoms with Gasteiger partial charge in [-0.15, -0.1) is 0 Å². The molecule has 0 heterocycles. The van der Waals surface area contributed by atoms with Crippen LogP contribution in [0.25, 0.3) is 0 Å². The average molecular weight is 249 g/mol. The largest absolute Gasteiger partial charge is 0.314 e. The Morgan fingerprint density at radius 3 is 2.50 bits per heavy atom. The van der Waals surface area contributed by atoms with E-state index in [1.807, 2.05) is 13.8 Å². The molecule has 1 N–H and O–H groups in total. The van der Waals surface area contributed by atoms with Crippen molar-refractivity contribution < 1.29 is 4.39 Å². The summed E-state index contributed by atoms with van der Waals surface area (Å²) < 4.78 is 14.2. The van der Waals surface area contributed by atoms with Crippen LogP contribution in [0.1, 0.15) is 49.8 Å². The van der Waals surface area contributed by atoms with Crippen molar-refractivity contribution >= 4 is 0 Å². The normalized spacial score (nSPS) is 16.1. The monoisotopic (exact) mass is 249 g/mol. The second kappa shape index (κ2) is 5.00. The Bertz CT molecular complexity index is 410. The van der Waals surface area contributed by atoms with Crippen LogP contribution >= 0.6 is 0 Å². The molecule has 0 amide bonds. The van der Waals surface area contributed by atoms with E-state index >= 15 is 0 Å². The quantitative estimate of drug-likeness (QED) is 0.835. The third-order valence-electron chi connectivity index (χ3n) is 3.87. The fourth-order valence-electron chi connectivity index (χ4n) is 2.77. The van der Waals surface area contributed by atoms with Gasteiger partial charge in [0.2, 0.25) is 0 Å². The molecule has 1 aliphatic carbocycles. The zero-order valence-corrected chi connectivity index (χ0v) is 11.9. The lowest BCUT2D eigenvalue weighted by Gasteiger charge is -2.28. The Kier molecular flexibility index (Phi) is 3.76. The van der Waals surface area contributed by atoms with Crippen LogP contribution in [0.4, 0.5) is 4.39 Å². The van der Waals surface area contributed by atoms with Gasteiger partial charge in [0, 0.05) is 6.04 Å². The number of rotatable bonds is 5. The second-order valence-corrected chi connectivity index (χ2v) is 6.30. The molecule has 0 bridgehead atoms. The maximum Gasteiger partial charge on any atom is 0.127 e. The van der Waals surface area contributed by atoms with Crippen molar-refractivity contribution in [2.45, 2.75) is 58.4 Å². The summed E-state index contributed by atoms with van der Waals surface area (Å²) in [5.74, 6) is -0.0519. The number of hydrogen-bond donors (Lipinski definition) is 1. The van der Waals surface area contributed by atoms with Crippen LogP contribution in [0.15, 0.2) is 12.1 Å². The highest BCUT2D eigenvalue weighted by molar-refractivity contribution is 5.37. The molecule has 2 rings (SSSR count). The number of hydrogen-bond acceptors (Lipinski definition) is 1. The number of benzene rings is 1. The molecule has 0 radical (unpaired) electrons. The summed E-state index contributed by atoms with van der Waals surface area (Å²) in [5.41, 5.74) is 2.85. The van der Waals surface area contributed by atoms with Gasteiger partial charge < -0.3 is 5.32 Å². The van der Waals surface area contributed by atoms with Crippen LogP contribution in [-0.2, 0) is 5.41 Å². The maximum atomic E-state index is 14.2. The predicted molar refractivity (Wildman–Crippen MR) is 74.5 cm³/mol. The van der Waals surface area contributed by atoms with Gasteiger partial charge in [-0.3, -0.25) is 0 Å². The van der Waals surface area contributed by atoms with Crippen LogP contribution in [0.2, 0.25) is 0 Å². The van der Waals surface area contributed by atoms with Crippen LogP contribution in [-0.4, -0.2) is 12.6 Å². The minimum atomic E-state index is -0.107. The Labute approximate surface area is 110 Å². The Morgan fingerprint density at radius 2 is 1.94 bits per heavy atom. The molecule has 1 nitrogen and oxygen atoms in total. The van der Waals surface area contributed by atoms with Gasteiger partial charge in [-0.25, -0.2) is 4.39 Å². The van der Waals surface area contributed by atoms with Gasteiger partial charge >= 0.3 is 0 Å². The minimum absolute atomic E-state index is 0.0519. The lowest BCUT2D eigenvalue weighted by Crippen LogP contribution is -2.28. The molecule has 1 aromatic carbocycles. The van der Waals surface area contributed by atoms with Gasteiger partial charge in [-0.2, -0.15) is 0 Å². The third kappa shape index (κ3) is 3.11. The van der Waals surface area contributed by atoms with Crippen molar-refractivity contribution in [3.8, 4) is 0 Å². The summed E-state index contributed by atoms with van der Waals surface area (Å²) in [4.78, 5) is 0. The summed E-state index contributed by atoms with van der Waals surface area (Å²) in [6.07, 6.45) is 3.58. The topological polar surface area (TPSA) is 12.0 Å². The van der Waals surface area contributed by atoms with E-state index in [1.54, 1.807) is 6.07 Å². The maximum absolute atomic E-state index is 14.2. The molecule has 1 aromatic rings. The van der Waals surface area contributed by atoms with Crippen LogP contribution in [0.5, 0.6) is 0 Å². The van der Waals surface area contributed by atoms with Crippen molar-refractivity contribution in [3.63, 3.8) is 0 Å². The lowest BCUT2D eigenvalue weighted by molar-refractivity contribution is 0.431. The van der Waals surface area contributed by atoms with Gasteiger partial charge in [0.1, 0.15) is 5.82 Å². The number of aryl methyl sites for hydroxylation is 2. The van der Waals surface area contributed by atoms with Gasteiger partial charge in [-0.1, -0.05) is 19.9 Å². The van der Waals surface area contributed by atoms with E-state index in [9.17, 15) is 4.39 Å². The fourth-order valence-corrected chi connectivity index (χ4v) is 2.77. The van der Waals surface area contributed by atoms with Gasteiger partial charge in [0.25, 0.3) is 0 Å². The molecule has 100 valence electrons. The average Bonchev–Trinajstić information content (AvgIpc) is 2.98. The Morgan fingerprint density at radius 1 is 1.28 bits per heavy atom. The van der Waals surface area contributed by atoms with Crippen molar-refractivity contribution in [3.05, 3.63) is 34.6 Å². The number of nitrogens with one attached hydrogen (secondary N) is 1. The first-order valence-corrected chi connectivity index (χ1v) is 6.91. The summed E-state index contributed by atoms with van der Waals surface area (Å²) in [7, 11) is 0. The van der Waals surface area contributed by atoms with E-state index in [4.69, 9.17) is 0 Å². The fraction of sp³-hybridized carbons (Fsp3) is 0.625. The van der Waals surface area contributed by atoms with Crippen molar-refractivity contribution in [1.82, 2.24) is 5.32 Å². The zero-order chi connectivity index (χ0) is 13.3. The molecule has 0 aromatic heterocycles. The molecule has 1 fully saturated rings. The molecule has 0 aliphatic heterocycles. The highest BCUT2D eigenvalue weighted by atomic mass is 19.1. The van der Waals surface area contributed by atoms with Crippen LogP contribution in [0, 0.1) is 19.7 Å². The molecule has 0 spiro atoms. The Hall–Kier alpha value is -0.890. The third-order valence-corrected chi connectivity index (χ3v) is 3.87. The van der Waals surface area contributed by atoms with Crippen molar-refractivity contribution in [2.24, 2.45) is 0 Å². The minimum Gasteiger partial charge on any atom is -0.314 e. The molecular weight excluding hydrogens is 225 g/mol. The molecule has 18 heavy (non-hydrogen) atoms. The first-order valence-electron chi connectivity index (χ1n) is 6.91. The van der Waals surface area contributed by atoms with E-state index in [1.165, 1.54) is 12.8 Å². The van der Waals surface area contributed by atoms with Crippen molar-refractivity contribution in [1.29, 1.82) is 0 Å². The van der Waals surface area contributed by atoms with Gasteiger partial charge in [0.15, 0.2) is 0 Å². The zero-order valence-electron chi connectivity index (χ0n) is 11.9. The molecule has 1 aliphatic rings. The second-order valence-electron chi connectivity index (χ2n) is 6.30. The standard InChI is InChI=1S/C16H24FN/c1-11-9-12(2)15(14(17)10-11)16(3,4)7-8-18-13-5-6-13/h9-10,13,18H,5-8H2,1-4H3. The lowest BCUT2D eigenvalue weighted by atomic mass is 9.78. The summed E-state index contributed by atoms with van der Waals surface area (Å²) in [6.45, 7) is 9.22. The van der Waals surface area contributed by atoms with Gasteiger partial charge in [-0.05, 0) is 67.8 Å². The highest BCUT2D eigenvalue weighted by Crippen LogP contribution is 2.32. The van der Waals surface area contributed by atoms with Crippen LogP contribution in [0.3, 0.4) is 0 Å². The highest BCUT2D eigenvalue weighted by Gasteiger charge is 2.27. The summed E-state index contributed by atoms with van der Waals surface area (Å²) >= 11 is 0. The first-order chi connectivity index (χ1) is 8.40. The van der Waals surface area contributed by atoms with E-state index < -0.39 is 0 Å². The predicted octanol–water partition coefficient (Wildman–Crippen LogP) is 3.86. The smallest absolute Gasteiger partial charge is 0.127 e. The molecule has 0 unspecified atom stereocenters. The Balaban J connectivity index is 2.11. The van der Waals surface area contributed by atoms with E-state index in [2.05, 4.69) is 25.2 Å². The molecule has 2 heteroatoms. The van der Waals surface area contributed by atoms with E-state index in [0.717, 1.165) is 35.7 Å². The first kappa shape index (κ1) is 13.5. The molecule has 0 atom stereocenters. The van der Waals surface area contributed by atoms with E-state index in [-0.39, 0.29) is 11.2 Å². The SMILES string of the molecule is Cc1cc(C)c(C(C)(C)CCNC2CC2)c(F)c1. The molecular formula is C16H24FN. The van der Waals surface area contributed by atoms with Crippen LogP contribution < -0.4 is 5.32 Å². The van der Waals surface area contributed by atoms with E-state index in [0.29, 0.717) is 0 Å². The summed E-state index contributed by atoms with van der Waals surface area (Å²) in [6, 6.07) is 4.46. The molecule has 1 saturated carbocycles. The molecule has 0 saturated heterocycles. The van der Waals surface area contributed by atoms with Crippen molar-refractivity contribution in [2.75, 3.05) is 6.54 Å². The summed E-state index contributed by atoms with van der Waals surface area (Å²) in [5, 5.41) is 3.51. The van der Waals surface area contributed by atoms with Gasteiger partial charge in [0.05, 0.1) is 0 Å². The number of halogens is 1.